The molecule has 0 aromatic rings. The third-order valence-corrected chi connectivity index (χ3v) is 1.52. The van der Waals surface area contributed by atoms with Gasteiger partial charge in [-0.3, -0.25) is 6.54 Å². The minimum atomic E-state index is 0. The molecule has 0 heterocycles. The molecular formula is C7H16N6Rb2. The molecule has 0 aliphatic heterocycles. The van der Waals surface area contributed by atoms with Crippen molar-refractivity contribution in [2.45, 2.75) is 26.3 Å². The van der Waals surface area contributed by atoms with Crippen LogP contribution in [0, 0.1) is 17.3 Å². The van der Waals surface area contributed by atoms with Crippen LogP contribution in [0.3, 0.4) is 0 Å². The van der Waals surface area contributed by atoms with Gasteiger partial charge in [0, 0.05) is 15.7 Å². The van der Waals surface area contributed by atoms with Gasteiger partial charge >= 0.3 is 116 Å². The van der Waals surface area contributed by atoms with E-state index in [1.165, 1.54) is 0 Å². The van der Waals surface area contributed by atoms with Gasteiger partial charge in [-0.05, 0) is 25.2 Å². The Labute approximate surface area is 191 Å². The van der Waals surface area contributed by atoms with Crippen LogP contribution in [0.1, 0.15) is 21.7 Å². The third kappa shape index (κ3) is 22.0. The van der Waals surface area contributed by atoms with Crippen LogP contribution >= 0.6 is 0 Å². The summed E-state index contributed by atoms with van der Waals surface area (Å²) in [6.45, 7) is 6.82. The van der Waals surface area contributed by atoms with Gasteiger partial charge < -0.3 is 6.33 Å². The Balaban J connectivity index is -0.0000000760. The summed E-state index contributed by atoms with van der Waals surface area (Å²) in [5.74, 6) is 0. The van der Waals surface area contributed by atoms with Crippen molar-refractivity contribution in [2.75, 3.05) is 13.6 Å². The molecule has 0 amide bonds. The van der Waals surface area contributed by atoms with Crippen LogP contribution < -0.4 is 116 Å². The number of hydrogen-bond donors (Lipinski definition) is 0. The molecule has 15 heavy (non-hydrogen) atoms. The standard InChI is InChI=1S/C7H15N4.N2.2Rb.H/c1-7(2)11(3)6-4-5-9-10-8;1-2;;;/h6-7H,4-5H2,1-3H3;;;;/q-1;;2*+1;-1. The van der Waals surface area contributed by atoms with Gasteiger partial charge in [-0.25, -0.2) is 0 Å². The van der Waals surface area contributed by atoms with Crippen molar-refractivity contribution in [3.05, 3.63) is 17.0 Å². The Morgan fingerprint density at radius 2 is 1.93 bits per heavy atom. The van der Waals surface area contributed by atoms with E-state index in [4.69, 9.17) is 16.3 Å². The van der Waals surface area contributed by atoms with E-state index >= 15 is 0 Å². The average Bonchev–Trinajstić information content (AvgIpc) is 2.15. The molecule has 0 atom stereocenters. The first-order valence-electron chi connectivity index (χ1n) is 3.94. The Morgan fingerprint density at radius 1 is 1.47 bits per heavy atom. The van der Waals surface area contributed by atoms with Crippen LogP contribution in [0.15, 0.2) is 5.11 Å². The van der Waals surface area contributed by atoms with Crippen molar-refractivity contribution in [3.8, 4) is 0 Å². The fourth-order valence-corrected chi connectivity index (χ4v) is 0.575. The van der Waals surface area contributed by atoms with Crippen molar-refractivity contribution in [1.29, 1.82) is 10.8 Å². The van der Waals surface area contributed by atoms with Gasteiger partial charge in [0.25, 0.3) is 0 Å². The second-order valence-corrected chi connectivity index (χ2v) is 2.68. The molecule has 0 aliphatic carbocycles. The summed E-state index contributed by atoms with van der Waals surface area (Å²) in [6, 6.07) is 0.515. The maximum atomic E-state index is 7.97. The maximum Gasteiger partial charge on any atom is 1.00 e. The topological polar surface area (TPSA) is 99.6 Å². The van der Waals surface area contributed by atoms with E-state index in [1.807, 2.05) is 13.6 Å². The van der Waals surface area contributed by atoms with Crippen LogP contribution in [0.2, 0.25) is 0 Å². The molecule has 8 heteroatoms. The minimum Gasteiger partial charge on any atom is -1.00 e. The van der Waals surface area contributed by atoms with E-state index in [0.717, 1.165) is 6.42 Å². The molecule has 0 spiro atoms. The van der Waals surface area contributed by atoms with E-state index in [1.54, 1.807) is 0 Å². The van der Waals surface area contributed by atoms with Gasteiger partial charge in [-0.2, -0.15) is 6.42 Å². The van der Waals surface area contributed by atoms with Gasteiger partial charge in [0.2, 0.25) is 0 Å². The van der Waals surface area contributed by atoms with Gasteiger partial charge in [0.05, 0.1) is 0 Å². The first kappa shape index (κ1) is 26.0. The van der Waals surface area contributed by atoms with Crippen LogP contribution in [0.25, 0.3) is 10.4 Å². The van der Waals surface area contributed by atoms with Crippen molar-refractivity contribution in [1.82, 2.24) is 4.90 Å². The Morgan fingerprint density at radius 3 is 2.27 bits per heavy atom. The summed E-state index contributed by atoms with van der Waals surface area (Å²) in [5.41, 5.74) is 7.97. The first-order valence-corrected chi connectivity index (χ1v) is 3.94. The van der Waals surface area contributed by atoms with E-state index < -0.39 is 0 Å². The van der Waals surface area contributed by atoms with Gasteiger partial charge in [0.1, 0.15) is 0 Å². The number of azide groups is 1. The van der Waals surface area contributed by atoms with Crippen LogP contribution in [-0.4, -0.2) is 24.5 Å². The Kier molecular flexibility index (Phi) is 37.4. The molecular weight excluding hydrogens is 339 g/mol. The van der Waals surface area contributed by atoms with Crippen LogP contribution in [0.5, 0.6) is 0 Å². The molecule has 76 valence electrons. The van der Waals surface area contributed by atoms with Crippen molar-refractivity contribution in [3.63, 3.8) is 0 Å². The Bertz CT molecular complexity index is 183. The summed E-state index contributed by atoms with van der Waals surface area (Å²) in [5, 5.41) is 15.4. The molecule has 0 fully saturated rings. The fourth-order valence-electron chi connectivity index (χ4n) is 0.575. The molecule has 0 aromatic heterocycles. The summed E-state index contributed by atoms with van der Waals surface area (Å²) in [6.07, 6.45) is 0.818. The predicted molar refractivity (Wildman–Crippen MR) is 50.4 cm³/mol. The molecule has 0 N–H and O–H groups in total. The summed E-state index contributed by atoms with van der Waals surface area (Å²) < 4.78 is 0. The van der Waals surface area contributed by atoms with Crippen molar-refractivity contribution < 1.29 is 118 Å². The van der Waals surface area contributed by atoms with E-state index in [-0.39, 0.29) is 118 Å². The van der Waals surface area contributed by atoms with Gasteiger partial charge in [0.15, 0.2) is 0 Å². The molecule has 0 saturated carbocycles. The second kappa shape index (κ2) is 21.6. The smallest absolute Gasteiger partial charge is 1.00 e. The molecule has 0 radical (unpaired) electrons. The molecule has 0 bridgehead atoms. The van der Waals surface area contributed by atoms with Crippen LogP contribution in [-0.2, 0) is 0 Å². The largest absolute Gasteiger partial charge is 1.00 e. The summed E-state index contributed by atoms with van der Waals surface area (Å²) in [4.78, 5) is 4.77. The van der Waals surface area contributed by atoms with Crippen LogP contribution in [0.4, 0.5) is 0 Å². The Hall–Kier alpha value is 2.30. The zero-order chi connectivity index (χ0) is 10.7. The zero-order valence-corrected chi connectivity index (χ0v) is 20.1. The van der Waals surface area contributed by atoms with Crippen molar-refractivity contribution in [2.24, 2.45) is 5.11 Å². The number of nitrogens with zero attached hydrogens (tertiary/aromatic N) is 6. The minimum absolute atomic E-state index is 0. The van der Waals surface area contributed by atoms with E-state index in [0.29, 0.717) is 12.6 Å². The monoisotopic (exact) mass is 354 g/mol. The number of hydrogen-bond acceptors (Lipinski definition) is 4. The van der Waals surface area contributed by atoms with E-state index in [2.05, 4.69) is 28.8 Å². The first-order chi connectivity index (χ1) is 6.18. The third-order valence-electron chi connectivity index (χ3n) is 1.52. The molecule has 0 saturated heterocycles. The van der Waals surface area contributed by atoms with Crippen molar-refractivity contribution >= 4 is 0 Å². The second-order valence-electron chi connectivity index (χ2n) is 2.68. The predicted octanol–water partition coefficient (Wildman–Crippen LogP) is -3.66. The molecule has 0 rings (SSSR count). The molecule has 0 unspecified atom stereocenters. The zero-order valence-electron chi connectivity index (χ0n) is 11.3. The SMILES string of the molecule is CC(C)N(C)[CH-]CCN=[N+]=[N-].N#N.[H-].[Rb+].[Rb+]. The quantitative estimate of drug-likeness (QED) is 0.127. The van der Waals surface area contributed by atoms with Gasteiger partial charge in [-0.1, -0.05) is 19.0 Å². The normalized spacial score (nSPS) is 7.67. The molecule has 6 nitrogen and oxygen atoms in total. The molecule has 0 aromatic carbocycles. The maximum absolute atomic E-state index is 7.97. The van der Waals surface area contributed by atoms with Gasteiger partial charge in [-0.15, -0.1) is 0 Å². The fraction of sp³-hybridized carbons (Fsp3) is 0.857. The number of rotatable bonds is 5. The van der Waals surface area contributed by atoms with E-state index in [9.17, 15) is 0 Å². The summed E-state index contributed by atoms with van der Waals surface area (Å²) >= 11 is 0. The summed E-state index contributed by atoms with van der Waals surface area (Å²) in [7, 11) is 2.01. The molecule has 0 aliphatic rings. The average molecular weight is 355 g/mol.